The molecular weight excluding hydrogens is 1060 g/mol. The molecule has 10 aliphatic rings. The van der Waals surface area contributed by atoms with E-state index in [9.17, 15) is 39.4 Å². The maximum atomic E-state index is 11.7. The second-order valence-electron chi connectivity index (χ2n) is 23.9. The summed E-state index contributed by atoms with van der Waals surface area (Å²) >= 11 is 5.54. The zero-order valence-electron chi connectivity index (χ0n) is 47.6. The fraction of sp³-hybridized carbons (Fsp3) is 0.429. The van der Waals surface area contributed by atoms with Gasteiger partial charge in [0.1, 0.15) is 0 Å². The van der Waals surface area contributed by atoms with Gasteiger partial charge in [0, 0.05) is 58.6 Å². The Morgan fingerprint density at radius 3 is 1.45 bits per heavy atom. The van der Waals surface area contributed by atoms with Crippen LogP contribution in [0.3, 0.4) is 0 Å². The Hall–Kier alpha value is -7.40. The largest absolute Gasteiger partial charge is 0.398 e. The molecule has 0 unspecified atom stereocenters. The Labute approximate surface area is 491 Å². The number of ketones is 3. The summed E-state index contributed by atoms with van der Waals surface area (Å²) in [7, 11) is 0. The number of rotatable bonds is 6. The number of anilines is 1. The monoisotopic (exact) mass is 1130 g/mol. The van der Waals surface area contributed by atoms with Crippen molar-refractivity contribution >= 4 is 57.8 Å². The van der Waals surface area contributed by atoms with Crippen molar-refractivity contribution < 1.29 is 29.0 Å². The summed E-state index contributed by atoms with van der Waals surface area (Å²) in [5, 5.41) is 22.2. The van der Waals surface area contributed by atoms with Gasteiger partial charge in [-0.1, -0.05) is 54.6 Å². The highest BCUT2D eigenvalue weighted by Crippen LogP contribution is 2.43. The molecule has 13 heteroatoms. The van der Waals surface area contributed by atoms with E-state index in [-0.39, 0.29) is 38.6 Å². The van der Waals surface area contributed by atoms with Gasteiger partial charge in [0.05, 0.1) is 21.1 Å². The lowest BCUT2D eigenvalue weighted by atomic mass is 9.99. The Bertz CT molecular complexity index is 3580. The lowest BCUT2D eigenvalue weighted by molar-refractivity contribution is -0.386. The van der Waals surface area contributed by atoms with Gasteiger partial charge in [-0.15, -0.1) is 11.6 Å². The number of nitrogen functional groups attached to an aromatic ring is 1. The molecule has 10 aliphatic carbocycles. The van der Waals surface area contributed by atoms with Gasteiger partial charge < -0.3 is 5.73 Å². The van der Waals surface area contributed by atoms with Crippen LogP contribution in [-0.4, -0.2) is 39.2 Å². The van der Waals surface area contributed by atoms with E-state index < -0.39 is 0 Å². The SMILES string of the molecule is Nc1c2c(cc3c1CCC3)CCC2.O=C(CCCl)c1ccc2c(c1)CCC2.O=C1CCc2c1cc1c(c2[N+](=O)[O-])CCC1.O=C1CCc2cc3c(c([N+](=O)[O-])c21)CCC3.O=C=Nc1c2c(cc3c1CCC3)CCC2.c1ccc2c(c1)CCC2. The molecule has 0 amide bonds. The van der Waals surface area contributed by atoms with Crippen LogP contribution in [0, 0.1) is 20.2 Å². The van der Waals surface area contributed by atoms with Crippen LogP contribution < -0.4 is 5.73 Å². The van der Waals surface area contributed by atoms with E-state index in [4.69, 9.17) is 17.3 Å². The summed E-state index contributed by atoms with van der Waals surface area (Å²) in [5.74, 6) is 0.578. The molecule has 6 aromatic rings. The van der Waals surface area contributed by atoms with Crippen LogP contribution in [0.25, 0.3) is 0 Å². The molecule has 0 aromatic heterocycles. The van der Waals surface area contributed by atoms with Gasteiger partial charge >= 0.3 is 0 Å². The number of hydrogen-bond acceptors (Lipinski definition) is 10. The van der Waals surface area contributed by atoms with Crippen molar-refractivity contribution in [3.05, 3.63) is 204 Å². The average Bonchev–Trinajstić information content (AvgIpc) is 4.35. The lowest BCUT2D eigenvalue weighted by Crippen LogP contribution is -2.04. The highest BCUT2D eigenvalue weighted by Gasteiger charge is 2.36. The highest BCUT2D eigenvalue weighted by atomic mass is 35.5. The van der Waals surface area contributed by atoms with Gasteiger partial charge in [0.25, 0.3) is 11.4 Å². The Kier molecular flexibility index (Phi) is 17.7. The first-order valence-corrected chi connectivity index (χ1v) is 31.1. The first-order chi connectivity index (χ1) is 40.4. The van der Waals surface area contributed by atoms with E-state index in [2.05, 4.69) is 47.5 Å². The smallest absolute Gasteiger partial charge is 0.283 e. The lowest BCUT2D eigenvalue weighted by Gasteiger charge is -2.10. The summed E-state index contributed by atoms with van der Waals surface area (Å²) in [5.41, 5.74) is 33.2. The fourth-order valence-corrected chi connectivity index (χ4v) is 15.2. The van der Waals surface area contributed by atoms with Crippen LogP contribution >= 0.6 is 11.6 Å². The highest BCUT2D eigenvalue weighted by molar-refractivity contribution is 6.19. The van der Waals surface area contributed by atoms with E-state index in [0.29, 0.717) is 54.7 Å². The van der Waals surface area contributed by atoms with E-state index in [1.54, 1.807) is 17.2 Å². The van der Waals surface area contributed by atoms with Gasteiger partial charge in [0.15, 0.2) is 17.3 Å². The van der Waals surface area contributed by atoms with E-state index in [0.717, 1.165) is 115 Å². The molecule has 16 rings (SSSR count). The van der Waals surface area contributed by atoms with Crippen LogP contribution in [0.1, 0.15) is 202 Å². The number of carbonyl (C=O) groups is 3. The normalized spacial score (nSPS) is 16.8. The molecule has 0 radical (unpaired) electrons. The molecular formula is C70H73ClN4O8. The molecule has 428 valence electrons. The van der Waals surface area contributed by atoms with Crippen molar-refractivity contribution in [3.63, 3.8) is 0 Å². The number of aryl methyl sites for hydroxylation is 11. The minimum atomic E-state index is -0.369. The second kappa shape index (κ2) is 25.6. The number of nitrogens with two attached hydrogens (primary N) is 1. The van der Waals surface area contributed by atoms with E-state index in [1.807, 2.05) is 24.3 Å². The quantitative estimate of drug-likeness (QED) is 0.0321. The van der Waals surface area contributed by atoms with Gasteiger partial charge in [0.2, 0.25) is 6.08 Å². The summed E-state index contributed by atoms with van der Waals surface area (Å²) in [6.45, 7) is 0. The molecule has 0 aliphatic heterocycles. The summed E-state index contributed by atoms with van der Waals surface area (Å²) in [6, 6.07) is 23.4. The van der Waals surface area contributed by atoms with Crippen LogP contribution in [0.2, 0.25) is 0 Å². The number of benzene rings is 6. The zero-order chi connectivity index (χ0) is 57.7. The minimum absolute atomic E-state index is 0.0589. The number of nitro groups is 2. The average molecular weight is 1130 g/mol. The maximum absolute atomic E-state index is 11.7. The number of carbonyl (C=O) groups excluding carboxylic acids is 4. The van der Waals surface area contributed by atoms with Crippen LogP contribution in [-0.2, 0) is 120 Å². The molecule has 12 nitrogen and oxygen atoms in total. The van der Waals surface area contributed by atoms with Crippen molar-refractivity contribution in [1.29, 1.82) is 0 Å². The second-order valence-corrected chi connectivity index (χ2v) is 24.2. The predicted octanol–water partition coefficient (Wildman–Crippen LogP) is 14.5. The third-order valence-electron chi connectivity index (χ3n) is 19.0. The number of nitrogens with zero attached hydrogens (tertiary/aromatic N) is 3. The number of nitro benzene ring substituents is 2. The summed E-state index contributed by atoms with van der Waals surface area (Å²) in [6.07, 6.45) is 31.4. The predicted molar refractivity (Wildman–Crippen MR) is 325 cm³/mol. The van der Waals surface area contributed by atoms with Crippen LogP contribution in [0.4, 0.5) is 22.7 Å². The number of aliphatic imine (C=N–C) groups is 1. The molecule has 0 fully saturated rings. The topological polar surface area (TPSA) is 193 Å². The fourth-order valence-electron chi connectivity index (χ4n) is 15.0. The van der Waals surface area contributed by atoms with E-state index in [1.165, 1.54) is 139 Å². The number of fused-ring (bicyclic) bond motifs is 10. The van der Waals surface area contributed by atoms with Gasteiger partial charge in [-0.2, -0.15) is 4.99 Å². The standard InChI is InChI=1S/C13H13NO.C12H13ClO.2C12H11NO3.C12H15N.C9H10/c15-8-14-13-11-5-1-3-9(11)7-10-4-2-6-12(10)13;13-7-6-12(14)11-5-4-9-2-1-3-10(9)8-11;14-10-5-4-8-6-7-2-1-3-9(7)12(11(8)10)13(15)16;14-11-5-4-9-10(11)6-7-2-1-3-8(7)12(9)13(15)16;13-12-10-5-1-3-8(10)7-9-4-2-6-11(9)12;1-2-5-9-7-3-6-8(9)4-1/h7H,1-6H2;4-5,8H,1-3,6-7H2;2*6H,1-5H2;7H,1-6,13H2;1-2,4-5H,3,6-7H2. The molecule has 0 spiro atoms. The third-order valence-corrected chi connectivity index (χ3v) is 19.2. The van der Waals surface area contributed by atoms with Crippen molar-refractivity contribution in [2.24, 2.45) is 4.99 Å². The molecule has 0 atom stereocenters. The van der Waals surface area contributed by atoms with Gasteiger partial charge in [-0.3, -0.25) is 34.6 Å². The summed E-state index contributed by atoms with van der Waals surface area (Å²) in [4.78, 5) is 70.9. The minimum Gasteiger partial charge on any atom is -0.398 e. The molecule has 6 aromatic carbocycles. The van der Waals surface area contributed by atoms with Crippen molar-refractivity contribution in [2.45, 2.75) is 186 Å². The molecule has 0 heterocycles. The molecule has 0 saturated carbocycles. The number of isocyanates is 1. The first-order valence-electron chi connectivity index (χ1n) is 30.5. The number of hydrogen-bond donors (Lipinski definition) is 1. The Morgan fingerprint density at radius 2 is 0.904 bits per heavy atom. The molecule has 0 saturated heterocycles. The Balaban J connectivity index is 0.000000105. The van der Waals surface area contributed by atoms with Gasteiger partial charge in [-0.25, -0.2) is 4.79 Å². The maximum Gasteiger partial charge on any atom is 0.283 e. The Morgan fingerprint density at radius 1 is 0.470 bits per heavy atom. The van der Waals surface area contributed by atoms with Crippen LogP contribution in [0.5, 0.6) is 0 Å². The van der Waals surface area contributed by atoms with Crippen molar-refractivity contribution in [3.8, 4) is 0 Å². The van der Waals surface area contributed by atoms with E-state index >= 15 is 0 Å². The van der Waals surface area contributed by atoms with Crippen LogP contribution in [0.15, 0.2) is 71.7 Å². The third kappa shape index (κ3) is 12.1. The van der Waals surface area contributed by atoms with Crippen molar-refractivity contribution in [1.82, 2.24) is 0 Å². The zero-order valence-corrected chi connectivity index (χ0v) is 48.4. The number of Topliss-reactive ketones (excluding diaryl/α,β-unsaturated/α-hetero) is 3. The molecule has 83 heavy (non-hydrogen) atoms. The van der Waals surface area contributed by atoms with Gasteiger partial charge in [-0.05, 0) is 263 Å². The molecule has 2 N–H and O–H groups in total. The number of alkyl halides is 1. The number of halogens is 1. The first kappa shape index (κ1) is 57.4. The summed E-state index contributed by atoms with van der Waals surface area (Å²) < 4.78 is 0. The van der Waals surface area contributed by atoms with Crippen molar-refractivity contribution in [2.75, 3.05) is 11.6 Å². The molecule has 0 bridgehead atoms.